The lowest BCUT2D eigenvalue weighted by atomic mass is 10.1. The molecular formula is C18H14N4O4. The lowest BCUT2D eigenvalue weighted by molar-refractivity contribution is -0.384. The third-order valence-corrected chi connectivity index (χ3v) is 3.38. The number of hydrazone groups is 1. The Labute approximate surface area is 148 Å². The van der Waals surface area contributed by atoms with E-state index in [-0.39, 0.29) is 5.69 Å². The Kier molecular flexibility index (Phi) is 5.04. The molecule has 3 aromatic rings. The van der Waals surface area contributed by atoms with Crippen LogP contribution in [0.4, 0.5) is 16.2 Å². The van der Waals surface area contributed by atoms with Gasteiger partial charge in [0.25, 0.3) is 5.69 Å². The van der Waals surface area contributed by atoms with Gasteiger partial charge in [0.2, 0.25) is 0 Å². The minimum absolute atomic E-state index is 0.00993. The van der Waals surface area contributed by atoms with E-state index in [0.717, 1.165) is 0 Å². The van der Waals surface area contributed by atoms with Crippen LogP contribution in [0.1, 0.15) is 5.76 Å². The number of hydrogen-bond acceptors (Lipinski definition) is 5. The zero-order valence-corrected chi connectivity index (χ0v) is 13.5. The van der Waals surface area contributed by atoms with Crippen molar-refractivity contribution in [2.45, 2.75) is 0 Å². The van der Waals surface area contributed by atoms with E-state index in [4.69, 9.17) is 4.42 Å². The molecule has 0 saturated carbocycles. The summed E-state index contributed by atoms with van der Waals surface area (Å²) < 4.78 is 5.58. The summed E-state index contributed by atoms with van der Waals surface area (Å²) in [7, 11) is 0. The molecule has 0 fully saturated rings. The molecule has 0 bridgehead atoms. The number of nitrogens with one attached hydrogen (secondary N) is 2. The lowest BCUT2D eigenvalue weighted by Crippen LogP contribution is -2.24. The Morgan fingerprint density at radius 3 is 2.46 bits per heavy atom. The largest absolute Gasteiger partial charge is 0.455 e. The molecule has 0 saturated heterocycles. The number of carbonyl (C=O) groups excluding carboxylic acids is 1. The van der Waals surface area contributed by atoms with Crippen LogP contribution in [0.15, 0.2) is 76.2 Å². The van der Waals surface area contributed by atoms with Crippen LogP contribution in [0.5, 0.6) is 0 Å². The van der Waals surface area contributed by atoms with Crippen molar-refractivity contribution in [3.8, 4) is 11.3 Å². The summed E-state index contributed by atoms with van der Waals surface area (Å²) in [6, 6.07) is 17.9. The fourth-order valence-electron chi connectivity index (χ4n) is 2.16. The minimum atomic E-state index is -0.477. The van der Waals surface area contributed by atoms with Gasteiger partial charge in [-0.25, -0.2) is 10.2 Å². The topological polar surface area (TPSA) is 110 Å². The fourth-order valence-corrected chi connectivity index (χ4v) is 2.16. The number of non-ortho nitro benzene ring substituents is 1. The molecule has 2 aromatic carbocycles. The van der Waals surface area contributed by atoms with Crippen LogP contribution >= 0.6 is 0 Å². The van der Waals surface area contributed by atoms with Gasteiger partial charge in [0.05, 0.1) is 11.1 Å². The van der Waals surface area contributed by atoms with Gasteiger partial charge in [-0.05, 0) is 36.4 Å². The summed E-state index contributed by atoms with van der Waals surface area (Å²) in [4.78, 5) is 21.9. The average molecular weight is 350 g/mol. The molecule has 0 atom stereocenters. The van der Waals surface area contributed by atoms with Crippen molar-refractivity contribution in [3.05, 3.63) is 82.6 Å². The summed E-state index contributed by atoms with van der Waals surface area (Å²) in [6.45, 7) is 0. The first kappa shape index (κ1) is 16.9. The summed E-state index contributed by atoms with van der Waals surface area (Å²) >= 11 is 0. The Bertz CT molecular complexity index is 933. The standard InChI is InChI=1S/C18H14N4O4/c23-18(20-14-4-2-1-3-5-14)21-19-12-16-10-11-17(26-16)13-6-8-15(9-7-13)22(24)25/h1-12H,(H2,20,21,23)/b19-12+. The normalized spacial score (nSPS) is 10.6. The SMILES string of the molecule is O=C(N/N=C/c1ccc(-c2ccc([N+](=O)[O-])cc2)o1)Nc1ccccc1. The van der Waals surface area contributed by atoms with Crippen molar-refractivity contribution >= 4 is 23.6 Å². The Hall–Kier alpha value is -3.94. The highest BCUT2D eigenvalue weighted by Crippen LogP contribution is 2.23. The second-order valence-electron chi connectivity index (χ2n) is 5.20. The first-order chi connectivity index (χ1) is 12.6. The van der Waals surface area contributed by atoms with Crippen LogP contribution in [0.2, 0.25) is 0 Å². The molecule has 130 valence electrons. The first-order valence-electron chi connectivity index (χ1n) is 7.61. The number of furan rings is 1. The number of carbonyl (C=O) groups is 1. The van der Waals surface area contributed by atoms with E-state index in [2.05, 4.69) is 15.8 Å². The number of benzene rings is 2. The highest BCUT2D eigenvalue weighted by molar-refractivity contribution is 5.90. The van der Waals surface area contributed by atoms with E-state index in [1.165, 1.54) is 18.3 Å². The van der Waals surface area contributed by atoms with Crippen LogP contribution in [-0.4, -0.2) is 17.2 Å². The number of anilines is 1. The van der Waals surface area contributed by atoms with Gasteiger partial charge in [0, 0.05) is 23.4 Å². The molecule has 0 spiro atoms. The van der Waals surface area contributed by atoms with Crippen molar-refractivity contribution < 1.29 is 14.1 Å². The maximum Gasteiger partial charge on any atom is 0.339 e. The molecule has 8 heteroatoms. The van der Waals surface area contributed by atoms with Crippen LogP contribution in [-0.2, 0) is 0 Å². The number of nitro benzene ring substituents is 1. The van der Waals surface area contributed by atoms with Crippen LogP contribution in [0.25, 0.3) is 11.3 Å². The highest BCUT2D eigenvalue weighted by Gasteiger charge is 2.08. The second kappa shape index (κ2) is 7.75. The van der Waals surface area contributed by atoms with Gasteiger partial charge >= 0.3 is 6.03 Å². The number of hydrogen-bond donors (Lipinski definition) is 2. The maximum absolute atomic E-state index is 11.7. The van der Waals surface area contributed by atoms with Gasteiger partial charge in [0.1, 0.15) is 11.5 Å². The quantitative estimate of drug-likeness (QED) is 0.411. The molecule has 0 radical (unpaired) electrons. The minimum Gasteiger partial charge on any atom is -0.455 e. The van der Waals surface area contributed by atoms with Crippen molar-refractivity contribution in [1.82, 2.24) is 5.43 Å². The average Bonchev–Trinajstić information content (AvgIpc) is 3.11. The molecule has 26 heavy (non-hydrogen) atoms. The van der Waals surface area contributed by atoms with Crippen molar-refractivity contribution in [3.63, 3.8) is 0 Å². The molecule has 1 aromatic heterocycles. The third-order valence-electron chi connectivity index (χ3n) is 3.38. The monoisotopic (exact) mass is 350 g/mol. The Balaban J connectivity index is 1.58. The summed E-state index contributed by atoms with van der Waals surface area (Å²) in [6.07, 6.45) is 1.36. The summed E-state index contributed by atoms with van der Waals surface area (Å²) in [5.41, 5.74) is 3.69. The zero-order chi connectivity index (χ0) is 18.4. The predicted octanol–water partition coefficient (Wildman–Crippen LogP) is 4.01. The molecule has 2 amide bonds. The van der Waals surface area contributed by atoms with Crippen molar-refractivity contribution in [1.29, 1.82) is 0 Å². The lowest BCUT2D eigenvalue weighted by Gasteiger charge is -2.02. The second-order valence-corrected chi connectivity index (χ2v) is 5.20. The number of rotatable bonds is 5. The van der Waals surface area contributed by atoms with Crippen molar-refractivity contribution in [2.75, 3.05) is 5.32 Å². The molecule has 0 aliphatic rings. The predicted molar refractivity (Wildman–Crippen MR) is 97.0 cm³/mol. The molecule has 2 N–H and O–H groups in total. The summed E-state index contributed by atoms with van der Waals surface area (Å²) in [5.74, 6) is 0.966. The van der Waals surface area contributed by atoms with Gasteiger partial charge in [-0.2, -0.15) is 5.10 Å². The molecular weight excluding hydrogens is 336 g/mol. The first-order valence-corrected chi connectivity index (χ1v) is 7.61. The van der Waals surface area contributed by atoms with E-state index < -0.39 is 11.0 Å². The maximum atomic E-state index is 11.7. The smallest absolute Gasteiger partial charge is 0.339 e. The van der Waals surface area contributed by atoms with E-state index in [1.807, 2.05) is 6.07 Å². The number of amides is 2. The van der Waals surface area contributed by atoms with Gasteiger partial charge in [-0.3, -0.25) is 10.1 Å². The molecule has 8 nitrogen and oxygen atoms in total. The van der Waals surface area contributed by atoms with E-state index in [1.54, 1.807) is 48.5 Å². The van der Waals surface area contributed by atoms with Crippen molar-refractivity contribution in [2.24, 2.45) is 5.10 Å². The van der Waals surface area contributed by atoms with Crippen LogP contribution < -0.4 is 10.7 Å². The van der Waals surface area contributed by atoms with Gasteiger partial charge in [-0.1, -0.05) is 18.2 Å². The number of urea groups is 1. The zero-order valence-electron chi connectivity index (χ0n) is 13.5. The Morgan fingerprint density at radius 1 is 1.04 bits per heavy atom. The van der Waals surface area contributed by atoms with Crippen LogP contribution in [0.3, 0.4) is 0 Å². The molecule has 0 aliphatic heterocycles. The molecule has 1 heterocycles. The van der Waals surface area contributed by atoms with Gasteiger partial charge in [0.15, 0.2) is 0 Å². The van der Waals surface area contributed by atoms with Crippen LogP contribution in [0, 0.1) is 10.1 Å². The van der Waals surface area contributed by atoms with Gasteiger partial charge < -0.3 is 9.73 Å². The highest BCUT2D eigenvalue weighted by atomic mass is 16.6. The summed E-state index contributed by atoms with van der Waals surface area (Å²) in [5, 5.41) is 17.1. The Morgan fingerprint density at radius 2 is 1.77 bits per heavy atom. The van der Waals surface area contributed by atoms with E-state index in [9.17, 15) is 14.9 Å². The molecule has 0 aliphatic carbocycles. The van der Waals surface area contributed by atoms with E-state index in [0.29, 0.717) is 22.8 Å². The number of nitro groups is 1. The molecule has 0 unspecified atom stereocenters. The van der Waals surface area contributed by atoms with E-state index >= 15 is 0 Å². The number of nitrogens with zero attached hydrogens (tertiary/aromatic N) is 2. The number of para-hydroxylation sites is 1. The molecule has 3 rings (SSSR count). The van der Waals surface area contributed by atoms with Gasteiger partial charge in [-0.15, -0.1) is 0 Å². The third kappa shape index (κ3) is 4.32. The fraction of sp³-hybridized carbons (Fsp3) is 0.